The quantitative estimate of drug-likeness (QED) is 0.705. The second-order valence-corrected chi connectivity index (χ2v) is 5.16. The van der Waals surface area contributed by atoms with Crippen molar-refractivity contribution in [1.82, 2.24) is 0 Å². The molecule has 0 saturated carbocycles. The van der Waals surface area contributed by atoms with E-state index in [-0.39, 0.29) is 0 Å². The van der Waals surface area contributed by atoms with E-state index < -0.39 is 0 Å². The summed E-state index contributed by atoms with van der Waals surface area (Å²) in [6, 6.07) is 13.1. The smallest absolute Gasteiger partial charge is 0.119 e. The van der Waals surface area contributed by atoms with Gasteiger partial charge < -0.3 is 9.64 Å². The van der Waals surface area contributed by atoms with Gasteiger partial charge in [-0.3, -0.25) is 0 Å². The van der Waals surface area contributed by atoms with E-state index in [9.17, 15) is 0 Å². The molecular formula is C17H19NO. The van der Waals surface area contributed by atoms with Crippen LogP contribution >= 0.6 is 0 Å². The molecule has 0 heterocycles. The van der Waals surface area contributed by atoms with Crippen molar-refractivity contribution in [2.24, 2.45) is 0 Å². The van der Waals surface area contributed by atoms with Gasteiger partial charge in [0.05, 0.1) is 6.61 Å². The SMILES string of the molecule is CCOc1ccc2c(c1)Cc1cc(N(C)C)ccc1-2. The van der Waals surface area contributed by atoms with Gasteiger partial charge in [-0.05, 0) is 59.9 Å². The zero-order valence-electron chi connectivity index (χ0n) is 11.7. The largest absolute Gasteiger partial charge is 0.494 e. The van der Waals surface area contributed by atoms with Gasteiger partial charge in [-0.1, -0.05) is 12.1 Å². The third kappa shape index (κ3) is 2.07. The van der Waals surface area contributed by atoms with E-state index in [1.54, 1.807) is 0 Å². The van der Waals surface area contributed by atoms with Gasteiger partial charge in [0.2, 0.25) is 0 Å². The average Bonchev–Trinajstić information content (AvgIpc) is 2.75. The maximum Gasteiger partial charge on any atom is 0.119 e. The van der Waals surface area contributed by atoms with Gasteiger partial charge in [-0.15, -0.1) is 0 Å². The van der Waals surface area contributed by atoms with Gasteiger partial charge in [0.25, 0.3) is 0 Å². The summed E-state index contributed by atoms with van der Waals surface area (Å²) in [5.41, 5.74) is 6.76. The Labute approximate surface area is 114 Å². The molecule has 0 N–H and O–H groups in total. The van der Waals surface area contributed by atoms with E-state index in [0.717, 1.165) is 18.8 Å². The Balaban J connectivity index is 2.00. The normalized spacial score (nSPS) is 11.9. The first-order valence-corrected chi connectivity index (χ1v) is 6.75. The summed E-state index contributed by atoms with van der Waals surface area (Å²) in [6.45, 7) is 2.74. The number of nitrogens with zero attached hydrogens (tertiary/aromatic N) is 1. The van der Waals surface area contributed by atoms with Crippen LogP contribution in [0.25, 0.3) is 11.1 Å². The lowest BCUT2D eigenvalue weighted by Crippen LogP contribution is -2.08. The number of rotatable bonds is 3. The molecule has 0 atom stereocenters. The van der Waals surface area contributed by atoms with Crippen molar-refractivity contribution in [3.05, 3.63) is 47.5 Å². The van der Waals surface area contributed by atoms with E-state index in [4.69, 9.17) is 4.74 Å². The number of hydrogen-bond donors (Lipinski definition) is 0. The fraction of sp³-hybridized carbons (Fsp3) is 0.294. The van der Waals surface area contributed by atoms with Crippen LogP contribution in [0.15, 0.2) is 36.4 Å². The molecule has 1 aliphatic rings. The number of ether oxygens (including phenoxy) is 1. The summed E-state index contributed by atoms with van der Waals surface area (Å²) in [4.78, 5) is 2.15. The molecular weight excluding hydrogens is 234 g/mol. The van der Waals surface area contributed by atoms with Crippen LogP contribution in [0.4, 0.5) is 5.69 Å². The Morgan fingerprint density at radius 2 is 1.68 bits per heavy atom. The molecule has 2 nitrogen and oxygen atoms in total. The first-order valence-electron chi connectivity index (χ1n) is 6.75. The van der Waals surface area contributed by atoms with Crippen LogP contribution in [0, 0.1) is 0 Å². The summed E-state index contributed by atoms with van der Waals surface area (Å²) in [6.07, 6.45) is 1.01. The Bertz CT molecular complexity index is 617. The Kier molecular flexibility index (Phi) is 2.94. The number of benzene rings is 2. The summed E-state index contributed by atoms with van der Waals surface area (Å²) in [7, 11) is 4.16. The molecule has 2 heteroatoms. The molecule has 0 radical (unpaired) electrons. The van der Waals surface area contributed by atoms with Gasteiger partial charge in [0.1, 0.15) is 5.75 Å². The molecule has 2 aromatic rings. The van der Waals surface area contributed by atoms with Crippen LogP contribution in [0.5, 0.6) is 5.75 Å². The van der Waals surface area contributed by atoms with Crippen LogP contribution in [0.1, 0.15) is 18.1 Å². The van der Waals surface area contributed by atoms with Crippen molar-refractivity contribution in [2.75, 3.05) is 25.6 Å². The lowest BCUT2D eigenvalue weighted by molar-refractivity contribution is 0.340. The van der Waals surface area contributed by atoms with Crippen LogP contribution in [-0.4, -0.2) is 20.7 Å². The maximum absolute atomic E-state index is 5.58. The van der Waals surface area contributed by atoms with Crippen LogP contribution < -0.4 is 9.64 Å². The van der Waals surface area contributed by atoms with Gasteiger partial charge in [-0.25, -0.2) is 0 Å². The van der Waals surface area contributed by atoms with Crippen molar-refractivity contribution in [1.29, 1.82) is 0 Å². The molecule has 0 bridgehead atoms. The van der Waals surface area contributed by atoms with Crippen LogP contribution in [0.3, 0.4) is 0 Å². The summed E-state index contributed by atoms with van der Waals surface area (Å²) < 4.78 is 5.58. The molecule has 0 aliphatic heterocycles. The zero-order chi connectivity index (χ0) is 13.4. The van der Waals surface area contributed by atoms with E-state index in [1.165, 1.54) is 27.9 Å². The molecule has 19 heavy (non-hydrogen) atoms. The minimum absolute atomic E-state index is 0.719. The van der Waals surface area contributed by atoms with Crippen LogP contribution in [-0.2, 0) is 6.42 Å². The Morgan fingerprint density at radius 3 is 2.37 bits per heavy atom. The molecule has 0 unspecified atom stereocenters. The highest BCUT2D eigenvalue weighted by molar-refractivity contribution is 5.79. The van der Waals surface area contributed by atoms with E-state index in [1.807, 2.05) is 6.92 Å². The molecule has 0 aromatic heterocycles. The number of hydrogen-bond acceptors (Lipinski definition) is 2. The molecule has 3 rings (SSSR count). The number of fused-ring (bicyclic) bond motifs is 3. The molecule has 0 spiro atoms. The number of anilines is 1. The first-order chi connectivity index (χ1) is 9.19. The summed E-state index contributed by atoms with van der Waals surface area (Å²) in [5.74, 6) is 0.974. The predicted octanol–water partition coefficient (Wildman–Crippen LogP) is 3.72. The third-order valence-corrected chi connectivity index (χ3v) is 3.66. The van der Waals surface area contributed by atoms with Crippen molar-refractivity contribution >= 4 is 5.69 Å². The Hall–Kier alpha value is -1.96. The van der Waals surface area contributed by atoms with Gasteiger partial charge >= 0.3 is 0 Å². The highest BCUT2D eigenvalue weighted by Crippen LogP contribution is 2.39. The van der Waals surface area contributed by atoms with E-state index >= 15 is 0 Å². The van der Waals surface area contributed by atoms with Crippen molar-refractivity contribution in [3.8, 4) is 16.9 Å². The zero-order valence-corrected chi connectivity index (χ0v) is 11.7. The lowest BCUT2D eigenvalue weighted by Gasteiger charge is -2.13. The van der Waals surface area contributed by atoms with Crippen molar-refractivity contribution < 1.29 is 4.74 Å². The van der Waals surface area contributed by atoms with Gasteiger partial charge in [0.15, 0.2) is 0 Å². The average molecular weight is 253 g/mol. The fourth-order valence-corrected chi connectivity index (χ4v) is 2.71. The molecule has 2 aromatic carbocycles. The fourth-order valence-electron chi connectivity index (χ4n) is 2.71. The summed E-state index contributed by atoms with van der Waals surface area (Å²) >= 11 is 0. The van der Waals surface area contributed by atoms with E-state index in [0.29, 0.717) is 0 Å². The topological polar surface area (TPSA) is 12.5 Å². The second kappa shape index (κ2) is 4.61. The van der Waals surface area contributed by atoms with E-state index in [2.05, 4.69) is 55.4 Å². The highest BCUT2D eigenvalue weighted by Gasteiger charge is 2.19. The lowest BCUT2D eigenvalue weighted by atomic mass is 10.1. The standard InChI is InChI=1S/C17H19NO/c1-4-19-15-6-8-17-13(11-15)9-12-10-14(18(2)3)5-7-16(12)17/h5-8,10-11H,4,9H2,1-3H3. The van der Waals surface area contributed by atoms with Gasteiger partial charge in [0, 0.05) is 19.8 Å². The van der Waals surface area contributed by atoms with Crippen molar-refractivity contribution in [3.63, 3.8) is 0 Å². The minimum atomic E-state index is 0.719. The summed E-state index contributed by atoms with van der Waals surface area (Å²) in [5, 5.41) is 0. The van der Waals surface area contributed by atoms with Crippen molar-refractivity contribution in [2.45, 2.75) is 13.3 Å². The second-order valence-electron chi connectivity index (χ2n) is 5.16. The predicted molar refractivity (Wildman–Crippen MR) is 80.2 cm³/mol. The maximum atomic E-state index is 5.58. The molecule has 0 fully saturated rings. The van der Waals surface area contributed by atoms with Gasteiger partial charge in [-0.2, -0.15) is 0 Å². The highest BCUT2D eigenvalue weighted by atomic mass is 16.5. The molecule has 0 amide bonds. The molecule has 1 aliphatic carbocycles. The minimum Gasteiger partial charge on any atom is -0.494 e. The molecule has 0 saturated heterocycles. The molecule has 98 valence electrons. The van der Waals surface area contributed by atoms with Crippen LogP contribution in [0.2, 0.25) is 0 Å². The first kappa shape index (κ1) is 12.1. The monoisotopic (exact) mass is 253 g/mol. The Morgan fingerprint density at radius 1 is 1.00 bits per heavy atom. The third-order valence-electron chi connectivity index (χ3n) is 3.66.